The highest BCUT2D eigenvalue weighted by Gasteiger charge is 2.24. The fraction of sp³-hybridized carbons (Fsp3) is 1.00. The zero-order valence-corrected chi connectivity index (χ0v) is 7.82. The summed E-state index contributed by atoms with van der Waals surface area (Å²) in [6, 6.07) is 0. The SMILES string of the molecule is CC(C)OCC1CCC(CO)O1. The summed E-state index contributed by atoms with van der Waals surface area (Å²) in [6.07, 6.45) is 2.48. The summed E-state index contributed by atoms with van der Waals surface area (Å²) in [5.41, 5.74) is 0. The van der Waals surface area contributed by atoms with Crippen LogP contribution < -0.4 is 0 Å². The van der Waals surface area contributed by atoms with Gasteiger partial charge >= 0.3 is 0 Å². The Hall–Kier alpha value is -0.120. The molecule has 0 bridgehead atoms. The van der Waals surface area contributed by atoms with Gasteiger partial charge in [0.1, 0.15) is 0 Å². The molecule has 3 heteroatoms. The molecule has 1 saturated heterocycles. The van der Waals surface area contributed by atoms with Crippen molar-refractivity contribution in [3.63, 3.8) is 0 Å². The van der Waals surface area contributed by atoms with E-state index in [1.807, 2.05) is 13.8 Å². The van der Waals surface area contributed by atoms with Gasteiger partial charge in [0.2, 0.25) is 0 Å². The van der Waals surface area contributed by atoms with Gasteiger partial charge in [-0.2, -0.15) is 0 Å². The number of hydrogen-bond donors (Lipinski definition) is 1. The largest absolute Gasteiger partial charge is 0.394 e. The molecule has 0 spiro atoms. The minimum atomic E-state index is 0.0470. The van der Waals surface area contributed by atoms with Gasteiger partial charge in [-0.05, 0) is 26.7 Å². The van der Waals surface area contributed by atoms with E-state index in [2.05, 4.69) is 0 Å². The zero-order valence-electron chi connectivity index (χ0n) is 7.82. The first-order valence-electron chi connectivity index (χ1n) is 4.60. The third-order valence-corrected chi connectivity index (χ3v) is 2.01. The summed E-state index contributed by atoms with van der Waals surface area (Å²) < 4.78 is 10.9. The molecule has 1 rings (SSSR count). The third-order valence-electron chi connectivity index (χ3n) is 2.01. The van der Waals surface area contributed by atoms with Gasteiger partial charge < -0.3 is 14.6 Å². The van der Waals surface area contributed by atoms with E-state index in [9.17, 15) is 0 Å². The van der Waals surface area contributed by atoms with E-state index >= 15 is 0 Å². The molecule has 1 aliphatic heterocycles. The Morgan fingerprint density at radius 1 is 1.42 bits per heavy atom. The van der Waals surface area contributed by atoms with Crippen LogP contribution in [0.1, 0.15) is 26.7 Å². The third kappa shape index (κ3) is 3.09. The van der Waals surface area contributed by atoms with E-state index in [4.69, 9.17) is 14.6 Å². The smallest absolute Gasteiger partial charge is 0.0814 e. The second-order valence-corrected chi connectivity index (χ2v) is 3.52. The van der Waals surface area contributed by atoms with E-state index < -0.39 is 0 Å². The summed E-state index contributed by atoms with van der Waals surface area (Å²) in [4.78, 5) is 0. The van der Waals surface area contributed by atoms with Crippen molar-refractivity contribution in [1.29, 1.82) is 0 Å². The van der Waals surface area contributed by atoms with Gasteiger partial charge in [-0.25, -0.2) is 0 Å². The predicted octanol–water partition coefficient (Wildman–Crippen LogP) is 0.951. The Balaban J connectivity index is 2.11. The lowest BCUT2D eigenvalue weighted by Crippen LogP contribution is -2.20. The number of aliphatic hydroxyl groups excluding tert-OH is 1. The van der Waals surface area contributed by atoms with E-state index in [1.165, 1.54) is 0 Å². The first-order chi connectivity index (χ1) is 5.72. The average molecular weight is 174 g/mol. The van der Waals surface area contributed by atoms with E-state index in [0.29, 0.717) is 6.61 Å². The molecule has 72 valence electrons. The predicted molar refractivity (Wildman–Crippen MR) is 46.1 cm³/mol. The van der Waals surface area contributed by atoms with Crippen LogP contribution >= 0.6 is 0 Å². The highest BCUT2D eigenvalue weighted by atomic mass is 16.6. The fourth-order valence-corrected chi connectivity index (χ4v) is 1.34. The second-order valence-electron chi connectivity index (χ2n) is 3.52. The van der Waals surface area contributed by atoms with Crippen molar-refractivity contribution in [2.24, 2.45) is 0 Å². The molecule has 0 aliphatic carbocycles. The summed E-state index contributed by atoms with van der Waals surface area (Å²) in [7, 11) is 0. The molecule has 0 amide bonds. The Morgan fingerprint density at radius 3 is 2.58 bits per heavy atom. The molecule has 1 N–H and O–H groups in total. The molecule has 1 heterocycles. The topological polar surface area (TPSA) is 38.7 Å². The van der Waals surface area contributed by atoms with Crippen LogP contribution in [0.25, 0.3) is 0 Å². The van der Waals surface area contributed by atoms with E-state index in [0.717, 1.165) is 12.8 Å². The Labute approximate surface area is 73.7 Å². The maximum Gasteiger partial charge on any atom is 0.0814 e. The maximum absolute atomic E-state index is 8.80. The highest BCUT2D eigenvalue weighted by molar-refractivity contribution is 4.72. The van der Waals surface area contributed by atoms with Gasteiger partial charge in [-0.15, -0.1) is 0 Å². The minimum Gasteiger partial charge on any atom is -0.394 e. The molecule has 0 saturated carbocycles. The van der Waals surface area contributed by atoms with Crippen LogP contribution in [0.15, 0.2) is 0 Å². The lowest BCUT2D eigenvalue weighted by atomic mass is 10.2. The van der Waals surface area contributed by atoms with Gasteiger partial charge in [0.15, 0.2) is 0 Å². The van der Waals surface area contributed by atoms with Crippen LogP contribution in [0.2, 0.25) is 0 Å². The van der Waals surface area contributed by atoms with Gasteiger partial charge in [-0.3, -0.25) is 0 Å². The van der Waals surface area contributed by atoms with Gasteiger partial charge in [0.25, 0.3) is 0 Å². The lowest BCUT2D eigenvalue weighted by Gasteiger charge is -2.14. The van der Waals surface area contributed by atoms with Gasteiger partial charge in [0, 0.05) is 0 Å². The summed E-state index contributed by atoms with van der Waals surface area (Å²) in [5, 5.41) is 8.80. The quantitative estimate of drug-likeness (QED) is 0.689. The molecule has 0 aromatic heterocycles. The van der Waals surface area contributed by atoms with Crippen LogP contribution in [0.3, 0.4) is 0 Å². The van der Waals surface area contributed by atoms with Crippen LogP contribution in [0.5, 0.6) is 0 Å². The Kier molecular flexibility index (Phi) is 3.98. The molecule has 0 radical (unpaired) electrons. The van der Waals surface area contributed by atoms with Crippen molar-refractivity contribution in [3.05, 3.63) is 0 Å². The summed E-state index contributed by atoms with van der Waals surface area (Å²) in [5.74, 6) is 0. The van der Waals surface area contributed by atoms with Crippen molar-refractivity contribution >= 4 is 0 Å². The Morgan fingerprint density at radius 2 is 2.08 bits per heavy atom. The van der Waals surface area contributed by atoms with Crippen LogP contribution in [-0.4, -0.2) is 36.6 Å². The molecule has 1 aliphatic rings. The highest BCUT2D eigenvalue weighted by Crippen LogP contribution is 2.19. The second kappa shape index (κ2) is 4.80. The number of rotatable bonds is 4. The van der Waals surface area contributed by atoms with Crippen molar-refractivity contribution in [1.82, 2.24) is 0 Å². The van der Waals surface area contributed by atoms with Crippen LogP contribution in [0, 0.1) is 0 Å². The first kappa shape index (κ1) is 9.96. The molecule has 3 nitrogen and oxygen atoms in total. The normalized spacial score (nSPS) is 30.0. The average Bonchev–Trinajstić information content (AvgIpc) is 2.48. The Bertz CT molecular complexity index is 125. The first-order valence-corrected chi connectivity index (χ1v) is 4.60. The van der Waals surface area contributed by atoms with Crippen molar-refractivity contribution in [2.75, 3.05) is 13.2 Å². The minimum absolute atomic E-state index is 0.0470. The molecule has 0 aromatic rings. The van der Waals surface area contributed by atoms with Gasteiger partial charge in [-0.1, -0.05) is 0 Å². The molecular weight excluding hydrogens is 156 g/mol. The summed E-state index contributed by atoms with van der Waals surface area (Å²) >= 11 is 0. The maximum atomic E-state index is 8.80. The zero-order chi connectivity index (χ0) is 8.97. The molecule has 1 fully saturated rings. The fourth-order valence-electron chi connectivity index (χ4n) is 1.34. The molecule has 2 atom stereocenters. The lowest BCUT2D eigenvalue weighted by molar-refractivity contribution is -0.0448. The molecule has 12 heavy (non-hydrogen) atoms. The van der Waals surface area contributed by atoms with Crippen molar-refractivity contribution < 1.29 is 14.6 Å². The molecular formula is C9H18O3. The van der Waals surface area contributed by atoms with Gasteiger partial charge in [0.05, 0.1) is 31.5 Å². The summed E-state index contributed by atoms with van der Waals surface area (Å²) in [6.45, 7) is 4.82. The van der Waals surface area contributed by atoms with Crippen LogP contribution in [0.4, 0.5) is 0 Å². The van der Waals surface area contributed by atoms with E-state index in [-0.39, 0.29) is 24.9 Å². The van der Waals surface area contributed by atoms with Crippen molar-refractivity contribution in [2.45, 2.75) is 45.0 Å². The number of hydrogen-bond acceptors (Lipinski definition) is 3. The number of aliphatic hydroxyl groups is 1. The number of ether oxygens (including phenoxy) is 2. The standard InChI is InChI=1S/C9H18O3/c1-7(2)11-6-9-4-3-8(5-10)12-9/h7-10H,3-6H2,1-2H3. The molecule has 0 aromatic carbocycles. The van der Waals surface area contributed by atoms with Crippen molar-refractivity contribution in [3.8, 4) is 0 Å². The van der Waals surface area contributed by atoms with Crippen LogP contribution in [-0.2, 0) is 9.47 Å². The van der Waals surface area contributed by atoms with E-state index in [1.54, 1.807) is 0 Å². The molecule has 2 unspecified atom stereocenters. The monoisotopic (exact) mass is 174 g/mol.